The van der Waals surface area contributed by atoms with Crippen LogP contribution in [0.25, 0.3) is 215 Å². The van der Waals surface area contributed by atoms with E-state index in [-0.39, 0.29) is 0 Å². The zero-order valence-corrected chi connectivity index (χ0v) is 41.1. The summed E-state index contributed by atoms with van der Waals surface area (Å²) in [6.45, 7) is 0. The average molecular weight is 1050 g/mol. The molecule has 0 aromatic heterocycles. The number of hydrogen-bond donors (Lipinski definition) is 0. The van der Waals surface area contributed by atoms with Gasteiger partial charge in [0.2, 0.25) is 0 Å². The van der Waals surface area contributed by atoms with Crippen LogP contribution in [0.1, 0.15) is 89.0 Å². The van der Waals surface area contributed by atoms with E-state index in [0.717, 1.165) is 66.8 Å². The lowest BCUT2D eigenvalue weighted by Crippen LogP contribution is -2.58. The molecule has 0 spiro atoms. The van der Waals surface area contributed by atoms with Gasteiger partial charge in [-0.3, -0.25) is 0 Å². The van der Waals surface area contributed by atoms with Gasteiger partial charge in [-0.25, -0.2) is 0 Å². The van der Waals surface area contributed by atoms with Crippen molar-refractivity contribution in [3.8, 4) is 0 Å². The molecule has 6 unspecified atom stereocenters. The molecule has 0 nitrogen and oxygen atoms in total. The normalized spacial score (nSPS) is 35.7. The maximum atomic E-state index is 9.49. The van der Waals surface area contributed by atoms with Gasteiger partial charge in [-0.1, -0.05) is 0 Å². The van der Waals surface area contributed by atoms with Gasteiger partial charge in [0.05, 0.1) is 0 Å². The fourth-order valence-electron chi connectivity index (χ4n) is 26.3. The minimum atomic E-state index is -1.52. The van der Waals surface area contributed by atoms with Gasteiger partial charge in [0.15, 0.2) is 0 Å². The molecule has 0 amide bonds. The predicted octanol–water partition coefficient (Wildman–Crippen LogP) is 18.7. The predicted molar refractivity (Wildman–Crippen MR) is 297 cm³/mol. The number of benzene rings is 16. The first-order valence-corrected chi connectivity index (χ1v) is 28.5. The highest BCUT2D eigenvalue weighted by molar-refractivity contribution is 6.78. The molecular formula is C64Cl8. The van der Waals surface area contributed by atoms with E-state index in [0.29, 0.717) is 0 Å². The number of alkyl halides is 8. The van der Waals surface area contributed by atoms with Crippen LogP contribution in [-0.4, -0.2) is 0 Å². The standard InChI is InChI=1S/C64Cl8/c65-57-41-31-21-11-6-1-2-4-5-3(1)8-15-13(6)23(21)33-35-25(15)27-17(8)19-10(5)20-18-9(4)16-14-7(2)12(11)22-24(14)34-36-26(16)28(18)38-40-30(20)29(19)39-37(27)47-45(35)58(66,43(33)41)52-51(57)53-55-56-54(52)60(47,68)62(70)49(39)50(40)63(71,64(56,62)72)61(55,69)48(38)46(36)59(53,67)44(34)42(57)32(22)31. The number of hydrogen-bond acceptors (Lipinski definition) is 0. The summed E-state index contributed by atoms with van der Waals surface area (Å²) in [6, 6.07) is 0. The smallest absolute Gasteiger partial charge is 0.109 e. The molecule has 6 atom stereocenters. The molecule has 0 radical (unpaired) electrons. The van der Waals surface area contributed by atoms with Crippen LogP contribution in [-0.2, 0) is 39.0 Å². The Kier molecular flexibility index (Phi) is 2.60. The minimum Gasteiger partial charge on any atom is -0.109 e. The van der Waals surface area contributed by atoms with Crippen LogP contribution in [0.2, 0.25) is 0 Å². The lowest BCUT2D eigenvalue weighted by molar-refractivity contribution is 0.333. The van der Waals surface area contributed by atoms with Crippen LogP contribution in [0.15, 0.2) is 0 Å². The molecule has 0 bridgehead atoms. The van der Waals surface area contributed by atoms with Crippen molar-refractivity contribution in [1.29, 1.82) is 0 Å². The summed E-state index contributed by atoms with van der Waals surface area (Å²) in [5.41, 5.74) is 16.7. The highest BCUT2D eigenvalue weighted by atomic mass is 35.5. The fourth-order valence-corrected chi connectivity index (χ4v) is 31.3. The second kappa shape index (κ2) is 6.27. The minimum absolute atomic E-state index is 0.879. The molecule has 22 aromatic rings. The van der Waals surface area contributed by atoms with Crippen molar-refractivity contribution in [2.45, 2.75) is 39.0 Å². The molecule has 0 N–H and O–H groups in total. The molecule has 72 heavy (non-hydrogen) atoms. The van der Waals surface area contributed by atoms with Crippen molar-refractivity contribution in [1.82, 2.24) is 0 Å². The summed E-state index contributed by atoms with van der Waals surface area (Å²) >= 11 is 75.4. The van der Waals surface area contributed by atoms with E-state index in [1.54, 1.807) is 0 Å². The van der Waals surface area contributed by atoms with E-state index < -0.39 is 39.0 Å². The van der Waals surface area contributed by atoms with Crippen LogP contribution in [0, 0.1) is 0 Å². The molecule has 0 saturated heterocycles. The molecule has 12 aliphatic carbocycles. The zero-order chi connectivity index (χ0) is 44.3. The number of halogens is 8. The second-order valence-corrected chi connectivity index (χ2v) is 30.8. The van der Waals surface area contributed by atoms with Gasteiger partial charge in [-0.2, -0.15) is 0 Å². The summed E-state index contributed by atoms with van der Waals surface area (Å²) in [5.74, 6) is 0. The highest BCUT2D eigenvalue weighted by Gasteiger charge is 2.94. The summed E-state index contributed by atoms with van der Waals surface area (Å²) < 4.78 is 0. The van der Waals surface area contributed by atoms with E-state index in [4.69, 9.17) is 0 Å². The largest absolute Gasteiger partial charge is 0.123 e. The third-order valence-electron chi connectivity index (χ3n) is 26.4. The molecule has 0 heterocycles. The van der Waals surface area contributed by atoms with E-state index in [2.05, 4.69) is 0 Å². The van der Waals surface area contributed by atoms with Gasteiger partial charge < -0.3 is 0 Å². The maximum Gasteiger partial charge on any atom is 0.123 e. The summed E-state index contributed by atoms with van der Waals surface area (Å²) in [4.78, 5) is -10.9. The molecular weight excluding hydrogens is 1050 g/mol. The van der Waals surface area contributed by atoms with E-state index in [9.17, 15) is 92.8 Å². The first-order valence-electron chi connectivity index (χ1n) is 25.5. The molecule has 8 heteroatoms. The summed E-state index contributed by atoms with van der Waals surface area (Å²) in [6.07, 6.45) is 0. The Hall–Kier alpha value is -4.96. The van der Waals surface area contributed by atoms with Gasteiger partial charge in [-0.15, -0.1) is 92.8 Å². The van der Waals surface area contributed by atoms with Crippen molar-refractivity contribution in [2.75, 3.05) is 0 Å². The highest BCUT2D eigenvalue weighted by Crippen LogP contribution is 2.98. The average Bonchev–Trinajstić information content (AvgIpc) is 4.41. The Balaban J connectivity index is 1.20. The van der Waals surface area contributed by atoms with Gasteiger partial charge in [0, 0.05) is 0 Å². The topological polar surface area (TPSA) is 0 Å². The number of rotatable bonds is 0. The molecule has 0 aliphatic heterocycles. The van der Waals surface area contributed by atoms with Crippen molar-refractivity contribution in [3.05, 3.63) is 89.0 Å². The van der Waals surface area contributed by atoms with Gasteiger partial charge in [-0.05, 0) is 304 Å². The Morgan fingerprint density at radius 3 is 0.528 bits per heavy atom. The Morgan fingerprint density at radius 1 is 0.125 bits per heavy atom. The van der Waals surface area contributed by atoms with Crippen LogP contribution in [0.4, 0.5) is 0 Å². The van der Waals surface area contributed by atoms with Crippen molar-refractivity contribution >= 4 is 308 Å². The molecule has 0 saturated carbocycles. The fraction of sp³-hybridized carbons (Fsp3) is 0.125. The van der Waals surface area contributed by atoms with Gasteiger partial charge in [0.25, 0.3) is 0 Å². The molecule has 34 rings (SSSR count). The first kappa shape index (κ1) is 29.8. The van der Waals surface area contributed by atoms with Crippen LogP contribution >= 0.6 is 92.8 Å². The molecule has 312 valence electrons. The second-order valence-electron chi connectivity index (χ2n) is 26.3. The van der Waals surface area contributed by atoms with Crippen LogP contribution in [0.3, 0.4) is 0 Å². The van der Waals surface area contributed by atoms with E-state index in [1.165, 1.54) is 238 Å². The van der Waals surface area contributed by atoms with Crippen LogP contribution in [0.5, 0.6) is 0 Å². The zero-order valence-electron chi connectivity index (χ0n) is 35.0. The lowest BCUT2D eigenvalue weighted by atomic mass is 9.53. The Labute approximate surface area is 432 Å². The van der Waals surface area contributed by atoms with Crippen molar-refractivity contribution in [3.63, 3.8) is 0 Å². The Morgan fingerprint density at radius 2 is 0.292 bits per heavy atom. The van der Waals surface area contributed by atoms with Crippen molar-refractivity contribution in [2.24, 2.45) is 0 Å². The first-order chi connectivity index (χ1) is 35.0. The van der Waals surface area contributed by atoms with Gasteiger partial charge >= 0.3 is 0 Å². The monoisotopic (exact) mass is 1050 g/mol. The third kappa shape index (κ3) is 1.44. The molecule has 22 aromatic carbocycles. The molecule has 0 fully saturated rings. The summed E-state index contributed by atoms with van der Waals surface area (Å²) in [5, 5.41) is 55.1. The summed E-state index contributed by atoms with van der Waals surface area (Å²) in [7, 11) is 0. The van der Waals surface area contributed by atoms with E-state index >= 15 is 0 Å². The maximum absolute atomic E-state index is 9.49. The lowest BCUT2D eigenvalue weighted by Gasteiger charge is -2.58. The van der Waals surface area contributed by atoms with E-state index in [1.807, 2.05) is 0 Å². The quantitative estimate of drug-likeness (QED) is 0.105. The molecule has 12 aliphatic rings. The SMILES string of the molecule is ClC12c3c4c5c6c7c3C3(Cl)c8c1c1c9c2c2c%10c%11c(c%12c%13c%14c%15c%16c%17c%18c(c3c3c8c8c1c1c%19c9c%10c9c%10c%11c%13c%11c%13c%14c%17c%14c%17c%18c3c3c8c1c1c(c%199)c(c%10%11)c(c%13%14)c1c3%17)C7(Cl)C%16(Cl)C6(Cl)C%15(Cl)C5%12Cl)C42Cl. The third-order valence-corrected chi connectivity index (χ3v) is 32.1. The van der Waals surface area contributed by atoms with Gasteiger partial charge in [0.1, 0.15) is 39.0 Å². The Bertz CT molecular complexity index is 6810. The van der Waals surface area contributed by atoms with Crippen LogP contribution < -0.4 is 0 Å². The van der Waals surface area contributed by atoms with Crippen molar-refractivity contribution < 1.29 is 0 Å².